The molecule has 1 heterocycles. The lowest BCUT2D eigenvalue weighted by molar-refractivity contribution is 1.15. The average molecular weight is 116 g/mol. The topological polar surface area (TPSA) is 25.8 Å². The van der Waals surface area contributed by atoms with Crippen molar-refractivity contribution in [1.29, 1.82) is 0 Å². The van der Waals surface area contributed by atoms with E-state index in [1.54, 1.807) is 6.20 Å². The first-order valence-corrected chi connectivity index (χ1v) is 2.41. The molecule has 3 heteroatoms. The molecular formula is C4H8N2S. The Hall–Kier alpha value is -0.440. The molecule has 0 spiro atoms. The Balaban J connectivity index is 0.000000360. The van der Waals surface area contributed by atoms with Crippen molar-refractivity contribution in [1.82, 2.24) is 9.59 Å². The molecule has 0 amide bonds. The van der Waals surface area contributed by atoms with Crippen LogP contribution >= 0.6 is 11.5 Å². The van der Waals surface area contributed by atoms with Crippen LogP contribution in [0.5, 0.6) is 0 Å². The highest BCUT2D eigenvalue weighted by Crippen LogP contribution is 1.94. The summed E-state index contributed by atoms with van der Waals surface area (Å²) in [5.74, 6) is 0. The summed E-state index contributed by atoms with van der Waals surface area (Å²) in [6, 6.07) is 0. The van der Waals surface area contributed by atoms with Crippen LogP contribution in [0.3, 0.4) is 0 Å². The van der Waals surface area contributed by atoms with Crippen LogP contribution in [0.25, 0.3) is 0 Å². The maximum absolute atomic E-state index is 3.61. The van der Waals surface area contributed by atoms with E-state index in [1.807, 2.05) is 6.92 Å². The summed E-state index contributed by atoms with van der Waals surface area (Å²) in [7, 11) is 0. The molecule has 0 N–H and O–H groups in total. The van der Waals surface area contributed by atoms with Gasteiger partial charge >= 0.3 is 0 Å². The van der Waals surface area contributed by atoms with Gasteiger partial charge in [0.2, 0.25) is 0 Å². The molecule has 2 nitrogen and oxygen atoms in total. The van der Waals surface area contributed by atoms with Crippen molar-refractivity contribution in [2.45, 2.75) is 14.4 Å². The van der Waals surface area contributed by atoms with Gasteiger partial charge in [-0.3, -0.25) is 0 Å². The van der Waals surface area contributed by atoms with Crippen LogP contribution in [0.15, 0.2) is 6.20 Å². The second kappa shape index (κ2) is 2.69. The summed E-state index contributed by atoms with van der Waals surface area (Å²) in [5.41, 5.74) is 0. The molecule has 0 aliphatic rings. The molecular weight excluding hydrogens is 108 g/mol. The van der Waals surface area contributed by atoms with E-state index in [1.165, 1.54) is 11.5 Å². The molecule has 0 aliphatic carbocycles. The maximum atomic E-state index is 3.61. The zero-order valence-corrected chi connectivity index (χ0v) is 4.20. The third kappa shape index (κ3) is 1.64. The number of hydrogen-bond donors (Lipinski definition) is 0. The van der Waals surface area contributed by atoms with Gasteiger partial charge in [0.15, 0.2) is 0 Å². The van der Waals surface area contributed by atoms with Gasteiger partial charge in [0, 0.05) is 4.88 Å². The molecule has 0 aliphatic heterocycles. The van der Waals surface area contributed by atoms with Crippen LogP contribution in [0.4, 0.5) is 0 Å². The highest BCUT2D eigenvalue weighted by molar-refractivity contribution is 7.05. The third-order valence-corrected chi connectivity index (χ3v) is 1.04. The lowest BCUT2D eigenvalue weighted by Gasteiger charge is -1.60. The van der Waals surface area contributed by atoms with Crippen LogP contribution < -0.4 is 0 Å². The molecule has 1 rings (SSSR count). The standard InChI is InChI=1S/C3H4N2S.CH4/c1-3-2-4-5-6-3;/h2H,1H3;1H4. The minimum Gasteiger partial charge on any atom is -0.146 e. The molecule has 40 valence electrons. The molecule has 0 aromatic carbocycles. The predicted molar refractivity (Wildman–Crippen MR) is 31.4 cm³/mol. The predicted octanol–water partition coefficient (Wildman–Crippen LogP) is 1.48. The first-order chi connectivity index (χ1) is 2.89. The molecule has 0 fully saturated rings. The Kier molecular flexibility index (Phi) is 2.52. The Labute approximate surface area is 47.4 Å². The number of rotatable bonds is 0. The number of hydrogen-bond acceptors (Lipinski definition) is 3. The smallest absolute Gasteiger partial charge is 0.0650 e. The molecule has 0 radical (unpaired) electrons. The highest BCUT2D eigenvalue weighted by Gasteiger charge is 1.78. The molecule has 0 atom stereocenters. The zero-order chi connectivity index (χ0) is 4.41. The fourth-order valence-corrected chi connectivity index (χ4v) is 0.534. The normalized spacial score (nSPS) is 7.57. The van der Waals surface area contributed by atoms with Crippen molar-refractivity contribution in [3.05, 3.63) is 11.1 Å². The number of nitrogens with zero attached hydrogens (tertiary/aromatic N) is 2. The third-order valence-electron chi connectivity index (χ3n) is 0.471. The lowest BCUT2D eigenvalue weighted by Crippen LogP contribution is -1.52. The molecule has 1 aromatic heterocycles. The van der Waals surface area contributed by atoms with Gasteiger partial charge in [0.1, 0.15) is 0 Å². The van der Waals surface area contributed by atoms with Gasteiger partial charge < -0.3 is 0 Å². The Morgan fingerprint density at radius 1 is 1.71 bits per heavy atom. The Morgan fingerprint density at radius 2 is 2.43 bits per heavy atom. The van der Waals surface area contributed by atoms with Crippen molar-refractivity contribution >= 4 is 11.5 Å². The van der Waals surface area contributed by atoms with Gasteiger partial charge in [-0.15, -0.1) is 5.10 Å². The fourth-order valence-electron chi connectivity index (χ4n) is 0.216. The molecule has 1 aromatic rings. The van der Waals surface area contributed by atoms with Crippen molar-refractivity contribution in [3.8, 4) is 0 Å². The van der Waals surface area contributed by atoms with Crippen molar-refractivity contribution in [3.63, 3.8) is 0 Å². The summed E-state index contributed by atoms with van der Waals surface area (Å²) >= 11 is 1.42. The van der Waals surface area contributed by atoms with E-state index in [-0.39, 0.29) is 7.43 Å². The van der Waals surface area contributed by atoms with Gasteiger partial charge in [0.25, 0.3) is 0 Å². The van der Waals surface area contributed by atoms with Crippen molar-refractivity contribution in [2.24, 2.45) is 0 Å². The van der Waals surface area contributed by atoms with E-state index in [4.69, 9.17) is 0 Å². The largest absolute Gasteiger partial charge is 0.146 e. The lowest BCUT2D eigenvalue weighted by atomic mass is 10.7. The summed E-state index contributed by atoms with van der Waals surface area (Å²) in [4.78, 5) is 1.16. The SMILES string of the molecule is C.Cc1cnns1. The first-order valence-electron chi connectivity index (χ1n) is 1.63. The van der Waals surface area contributed by atoms with Crippen molar-refractivity contribution < 1.29 is 0 Å². The first kappa shape index (κ1) is 6.56. The second-order valence-electron chi connectivity index (χ2n) is 1.03. The van der Waals surface area contributed by atoms with Crippen LogP contribution in [0.2, 0.25) is 0 Å². The van der Waals surface area contributed by atoms with E-state index in [0.29, 0.717) is 0 Å². The Morgan fingerprint density at radius 3 is 2.57 bits per heavy atom. The van der Waals surface area contributed by atoms with E-state index < -0.39 is 0 Å². The summed E-state index contributed by atoms with van der Waals surface area (Å²) in [6.45, 7) is 1.98. The van der Waals surface area contributed by atoms with E-state index in [2.05, 4.69) is 9.59 Å². The minimum absolute atomic E-state index is 0. The van der Waals surface area contributed by atoms with Crippen molar-refractivity contribution in [2.75, 3.05) is 0 Å². The molecule has 0 bridgehead atoms. The summed E-state index contributed by atoms with van der Waals surface area (Å²) < 4.78 is 3.61. The molecule has 0 saturated heterocycles. The van der Waals surface area contributed by atoms with E-state index in [0.717, 1.165) is 4.88 Å². The van der Waals surface area contributed by atoms with E-state index >= 15 is 0 Å². The molecule has 0 unspecified atom stereocenters. The van der Waals surface area contributed by atoms with E-state index in [9.17, 15) is 0 Å². The second-order valence-corrected chi connectivity index (χ2v) is 2.02. The van der Waals surface area contributed by atoms with Gasteiger partial charge in [0.05, 0.1) is 6.20 Å². The van der Waals surface area contributed by atoms with Gasteiger partial charge in [-0.1, -0.05) is 11.9 Å². The monoisotopic (exact) mass is 116 g/mol. The fraction of sp³-hybridized carbons (Fsp3) is 0.500. The average Bonchev–Trinajstić information content (AvgIpc) is 1.86. The number of aromatic nitrogens is 2. The van der Waals surface area contributed by atoms with Gasteiger partial charge in [-0.25, -0.2) is 0 Å². The zero-order valence-electron chi connectivity index (χ0n) is 3.38. The van der Waals surface area contributed by atoms with Gasteiger partial charge in [-0.05, 0) is 18.5 Å². The van der Waals surface area contributed by atoms with Crippen LogP contribution in [-0.4, -0.2) is 9.59 Å². The summed E-state index contributed by atoms with van der Waals surface area (Å²) in [6.07, 6.45) is 1.74. The Bertz CT molecular complexity index is 113. The van der Waals surface area contributed by atoms with Crippen LogP contribution in [-0.2, 0) is 0 Å². The quantitative estimate of drug-likeness (QED) is 0.513. The molecule has 7 heavy (non-hydrogen) atoms. The summed E-state index contributed by atoms with van der Waals surface area (Å²) in [5, 5.41) is 3.59. The van der Waals surface area contributed by atoms with Gasteiger partial charge in [-0.2, -0.15) is 0 Å². The van der Waals surface area contributed by atoms with Crippen LogP contribution in [0, 0.1) is 6.92 Å². The number of aryl methyl sites for hydroxylation is 1. The highest BCUT2D eigenvalue weighted by atomic mass is 32.1. The maximum Gasteiger partial charge on any atom is 0.0650 e. The minimum atomic E-state index is 0. The molecule has 0 saturated carbocycles. The van der Waals surface area contributed by atoms with Crippen LogP contribution in [0.1, 0.15) is 12.3 Å².